The lowest BCUT2D eigenvalue weighted by Crippen LogP contribution is -2.44. The fourth-order valence-corrected chi connectivity index (χ4v) is 1.02. The molecule has 0 atom stereocenters. The lowest BCUT2D eigenvalue weighted by molar-refractivity contribution is 0.247. The van der Waals surface area contributed by atoms with Gasteiger partial charge >= 0.3 is 6.03 Å². The Balaban J connectivity index is 2.59. The van der Waals surface area contributed by atoms with Gasteiger partial charge in [0, 0.05) is 5.69 Å². The number of nitrogens with one attached hydrogen (secondary N) is 2. The van der Waals surface area contributed by atoms with E-state index in [2.05, 4.69) is 16.6 Å². The summed E-state index contributed by atoms with van der Waals surface area (Å²) in [5.74, 6) is 2.08. The fraction of sp³-hybridized carbons (Fsp3) is 0.250. The molecule has 0 unspecified atom stereocenters. The molecule has 4 heteroatoms. The van der Waals surface area contributed by atoms with Crippen LogP contribution in [0.25, 0.3) is 0 Å². The summed E-state index contributed by atoms with van der Waals surface area (Å²) in [5.41, 5.74) is -0.212. The molecule has 0 heterocycles. The van der Waals surface area contributed by atoms with Crippen molar-refractivity contribution >= 4 is 11.7 Å². The number of benzene rings is 1. The second-order valence-corrected chi connectivity index (χ2v) is 3.86. The molecule has 0 saturated carbocycles. The average molecular weight is 220 g/mol. The van der Waals surface area contributed by atoms with Crippen molar-refractivity contribution in [3.05, 3.63) is 30.1 Å². The monoisotopic (exact) mass is 220 g/mol. The van der Waals surface area contributed by atoms with E-state index in [1.54, 1.807) is 13.8 Å². The van der Waals surface area contributed by atoms with Crippen molar-refractivity contribution < 1.29 is 9.18 Å². The van der Waals surface area contributed by atoms with E-state index in [1.807, 2.05) is 0 Å². The van der Waals surface area contributed by atoms with Gasteiger partial charge in [0.25, 0.3) is 0 Å². The predicted octanol–water partition coefficient (Wildman–Crippen LogP) is 2.36. The number of amides is 2. The number of hydrogen-bond donors (Lipinski definition) is 2. The van der Waals surface area contributed by atoms with Gasteiger partial charge in [-0.3, -0.25) is 0 Å². The van der Waals surface area contributed by atoms with Crippen LogP contribution >= 0.6 is 0 Å². The van der Waals surface area contributed by atoms with Gasteiger partial charge in [-0.1, -0.05) is 5.92 Å². The maximum absolute atomic E-state index is 12.6. The van der Waals surface area contributed by atoms with Crippen molar-refractivity contribution in [1.82, 2.24) is 5.32 Å². The number of rotatable bonds is 2. The number of carbonyl (C=O) groups excluding carboxylic acids is 1. The van der Waals surface area contributed by atoms with Crippen LogP contribution in [0.3, 0.4) is 0 Å². The molecule has 0 aliphatic rings. The summed E-state index contributed by atoms with van der Waals surface area (Å²) in [6, 6.07) is 5.05. The van der Waals surface area contributed by atoms with E-state index in [4.69, 9.17) is 6.42 Å². The normalized spacial score (nSPS) is 10.4. The van der Waals surface area contributed by atoms with Crippen molar-refractivity contribution in [3.63, 3.8) is 0 Å². The number of anilines is 1. The SMILES string of the molecule is C#CC(C)(C)NC(=O)Nc1ccc(F)cc1. The van der Waals surface area contributed by atoms with Crippen LogP contribution in [0.15, 0.2) is 24.3 Å². The zero-order valence-corrected chi connectivity index (χ0v) is 9.17. The van der Waals surface area contributed by atoms with Crippen LogP contribution in [0.2, 0.25) is 0 Å². The summed E-state index contributed by atoms with van der Waals surface area (Å²) < 4.78 is 12.6. The van der Waals surface area contributed by atoms with Crippen LogP contribution in [0.4, 0.5) is 14.9 Å². The van der Waals surface area contributed by atoms with Gasteiger partial charge in [-0.25, -0.2) is 9.18 Å². The van der Waals surface area contributed by atoms with E-state index in [-0.39, 0.29) is 5.82 Å². The average Bonchev–Trinajstić information content (AvgIpc) is 2.21. The van der Waals surface area contributed by atoms with E-state index in [0.29, 0.717) is 5.69 Å². The molecule has 0 saturated heterocycles. The van der Waals surface area contributed by atoms with Crippen molar-refractivity contribution in [2.24, 2.45) is 0 Å². The van der Waals surface area contributed by atoms with Gasteiger partial charge < -0.3 is 10.6 Å². The molecule has 84 valence electrons. The van der Waals surface area contributed by atoms with Crippen LogP contribution in [0, 0.1) is 18.2 Å². The van der Waals surface area contributed by atoms with Crippen LogP contribution < -0.4 is 10.6 Å². The summed E-state index contributed by atoms with van der Waals surface area (Å²) in [4.78, 5) is 11.5. The number of terminal acetylenes is 1. The van der Waals surface area contributed by atoms with Crippen LogP contribution in [-0.4, -0.2) is 11.6 Å². The summed E-state index contributed by atoms with van der Waals surface area (Å²) in [5, 5.41) is 5.14. The van der Waals surface area contributed by atoms with Crippen molar-refractivity contribution in [2.75, 3.05) is 5.32 Å². The summed E-state index contributed by atoms with van der Waals surface area (Å²) in [7, 11) is 0. The minimum absolute atomic E-state index is 0.352. The molecule has 0 aromatic heterocycles. The molecule has 0 aliphatic heterocycles. The van der Waals surface area contributed by atoms with E-state index >= 15 is 0 Å². The van der Waals surface area contributed by atoms with E-state index in [9.17, 15) is 9.18 Å². The summed E-state index contributed by atoms with van der Waals surface area (Å²) in [6.07, 6.45) is 5.23. The Hall–Kier alpha value is -2.02. The zero-order chi connectivity index (χ0) is 12.2. The first-order chi connectivity index (χ1) is 7.43. The van der Waals surface area contributed by atoms with Gasteiger partial charge in [-0.15, -0.1) is 6.42 Å². The van der Waals surface area contributed by atoms with E-state index < -0.39 is 11.6 Å². The number of halogens is 1. The third-order valence-electron chi connectivity index (χ3n) is 1.89. The van der Waals surface area contributed by atoms with Crippen molar-refractivity contribution in [1.29, 1.82) is 0 Å². The van der Waals surface area contributed by atoms with Gasteiger partial charge in [-0.2, -0.15) is 0 Å². The molecule has 2 amide bonds. The minimum atomic E-state index is -0.718. The third-order valence-corrected chi connectivity index (χ3v) is 1.89. The Bertz CT molecular complexity index is 418. The van der Waals surface area contributed by atoms with Gasteiger partial charge in [0.15, 0.2) is 0 Å². The topological polar surface area (TPSA) is 41.1 Å². The highest BCUT2D eigenvalue weighted by molar-refractivity contribution is 5.89. The second kappa shape index (κ2) is 4.67. The maximum atomic E-state index is 12.6. The molecule has 16 heavy (non-hydrogen) atoms. The largest absolute Gasteiger partial charge is 0.322 e. The van der Waals surface area contributed by atoms with Crippen LogP contribution in [0.5, 0.6) is 0 Å². The molecule has 0 fully saturated rings. The van der Waals surface area contributed by atoms with E-state index in [1.165, 1.54) is 24.3 Å². The van der Waals surface area contributed by atoms with Gasteiger partial charge in [0.1, 0.15) is 5.82 Å². The maximum Gasteiger partial charge on any atom is 0.320 e. The molecule has 0 bridgehead atoms. The number of hydrogen-bond acceptors (Lipinski definition) is 1. The Kier molecular flexibility index (Phi) is 3.51. The quantitative estimate of drug-likeness (QED) is 0.738. The smallest absolute Gasteiger partial charge is 0.320 e. The molecule has 1 aromatic rings. The molecule has 0 aliphatic carbocycles. The van der Waals surface area contributed by atoms with Gasteiger partial charge in [0.2, 0.25) is 0 Å². The molecule has 2 N–H and O–H groups in total. The summed E-state index contributed by atoms with van der Waals surface area (Å²) in [6.45, 7) is 3.41. The highest BCUT2D eigenvalue weighted by Crippen LogP contribution is 2.08. The van der Waals surface area contributed by atoms with E-state index in [0.717, 1.165) is 0 Å². The molecular formula is C12H13FN2O. The Morgan fingerprint density at radius 2 is 1.94 bits per heavy atom. The minimum Gasteiger partial charge on any atom is -0.322 e. The fourth-order valence-electron chi connectivity index (χ4n) is 1.02. The standard InChI is InChI=1S/C12H13FN2O/c1-4-12(2,3)15-11(16)14-10-7-5-9(13)6-8-10/h1,5-8H,2-3H3,(H2,14,15,16). The third kappa shape index (κ3) is 3.62. The van der Waals surface area contributed by atoms with Crippen LogP contribution in [0.1, 0.15) is 13.8 Å². The number of urea groups is 1. The Morgan fingerprint density at radius 1 is 1.38 bits per heavy atom. The lowest BCUT2D eigenvalue weighted by Gasteiger charge is -2.19. The Morgan fingerprint density at radius 3 is 2.44 bits per heavy atom. The predicted molar refractivity (Wildman–Crippen MR) is 61.5 cm³/mol. The first-order valence-electron chi connectivity index (χ1n) is 4.75. The molecule has 0 radical (unpaired) electrons. The highest BCUT2D eigenvalue weighted by atomic mass is 19.1. The van der Waals surface area contributed by atoms with Gasteiger partial charge in [-0.05, 0) is 38.1 Å². The van der Waals surface area contributed by atoms with Gasteiger partial charge in [0.05, 0.1) is 5.54 Å². The zero-order valence-electron chi connectivity index (χ0n) is 9.17. The van der Waals surface area contributed by atoms with Crippen LogP contribution in [-0.2, 0) is 0 Å². The molecule has 1 rings (SSSR count). The first-order valence-corrected chi connectivity index (χ1v) is 4.75. The molecule has 3 nitrogen and oxygen atoms in total. The molecular weight excluding hydrogens is 207 g/mol. The van der Waals surface area contributed by atoms with Crippen molar-refractivity contribution in [2.45, 2.75) is 19.4 Å². The molecule has 1 aromatic carbocycles. The summed E-state index contributed by atoms with van der Waals surface area (Å²) >= 11 is 0. The lowest BCUT2D eigenvalue weighted by atomic mass is 10.1. The van der Waals surface area contributed by atoms with Crippen molar-refractivity contribution in [3.8, 4) is 12.3 Å². The second-order valence-electron chi connectivity index (χ2n) is 3.86. The molecule has 0 spiro atoms. The highest BCUT2D eigenvalue weighted by Gasteiger charge is 2.16. The number of carbonyl (C=O) groups is 1. The first kappa shape index (κ1) is 12.1. The Labute approximate surface area is 94.0 Å².